The maximum atomic E-state index is 13.2. The topological polar surface area (TPSA) is 0 Å². The van der Waals surface area contributed by atoms with Crippen molar-refractivity contribution in [2.24, 2.45) is 0 Å². The monoisotopic (exact) mass is 200 g/mol. The van der Waals surface area contributed by atoms with Gasteiger partial charge in [0.25, 0.3) is 6.08 Å². The van der Waals surface area contributed by atoms with Crippen LogP contribution in [-0.2, 0) is 0 Å². The third kappa shape index (κ3) is 2.16. The molecule has 1 rings (SSSR count). The van der Waals surface area contributed by atoms with Crippen LogP contribution in [-0.4, -0.2) is 0 Å². The van der Waals surface area contributed by atoms with Crippen molar-refractivity contribution in [3.05, 3.63) is 41.2 Å². The van der Waals surface area contributed by atoms with E-state index < -0.39 is 11.9 Å². The molecule has 3 heteroatoms. The second-order valence-electron chi connectivity index (χ2n) is 3.08. The van der Waals surface area contributed by atoms with E-state index in [1.165, 1.54) is 12.1 Å². The van der Waals surface area contributed by atoms with Crippen LogP contribution in [0.5, 0.6) is 0 Å². The summed E-state index contributed by atoms with van der Waals surface area (Å²) in [6.07, 6.45) is -1.68. The van der Waals surface area contributed by atoms with Crippen LogP contribution in [0.15, 0.2) is 24.3 Å². The van der Waals surface area contributed by atoms with Crippen LogP contribution in [0.1, 0.15) is 24.5 Å². The summed E-state index contributed by atoms with van der Waals surface area (Å²) >= 11 is 0. The molecule has 0 fully saturated rings. The lowest BCUT2D eigenvalue weighted by Gasteiger charge is -2.06. The summed E-state index contributed by atoms with van der Waals surface area (Å²) in [6.45, 7) is 3.32. The quantitative estimate of drug-likeness (QED) is 0.672. The first-order valence-electron chi connectivity index (χ1n) is 4.37. The van der Waals surface area contributed by atoms with Crippen molar-refractivity contribution in [1.29, 1.82) is 0 Å². The molecule has 0 unspecified atom stereocenters. The third-order valence-electron chi connectivity index (χ3n) is 2.03. The average Bonchev–Trinajstić information content (AvgIpc) is 2.11. The molecule has 76 valence electrons. The molecular weight excluding hydrogens is 189 g/mol. The number of aryl methyl sites for hydroxylation is 1. The van der Waals surface area contributed by atoms with Gasteiger partial charge in [-0.1, -0.05) is 18.6 Å². The Balaban J connectivity index is 3.30. The van der Waals surface area contributed by atoms with Gasteiger partial charge in [0.1, 0.15) is 5.82 Å². The SMILES string of the molecule is CCC(=C(F)F)c1cc(C)ccc1F. The highest BCUT2D eigenvalue weighted by molar-refractivity contribution is 5.66. The van der Waals surface area contributed by atoms with E-state index in [4.69, 9.17) is 0 Å². The van der Waals surface area contributed by atoms with E-state index in [1.807, 2.05) is 0 Å². The average molecular weight is 200 g/mol. The fraction of sp³-hybridized carbons (Fsp3) is 0.273. The lowest BCUT2D eigenvalue weighted by atomic mass is 10.0. The lowest BCUT2D eigenvalue weighted by Crippen LogP contribution is -1.91. The van der Waals surface area contributed by atoms with Crippen molar-refractivity contribution in [2.75, 3.05) is 0 Å². The van der Waals surface area contributed by atoms with E-state index in [2.05, 4.69) is 0 Å². The van der Waals surface area contributed by atoms with Crippen molar-refractivity contribution >= 4 is 5.57 Å². The van der Waals surface area contributed by atoms with Gasteiger partial charge in [-0.25, -0.2) is 4.39 Å². The van der Waals surface area contributed by atoms with Crippen LogP contribution in [0.3, 0.4) is 0 Å². The lowest BCUT2D eigenvalue weighted by molar-refractivity contribution is 0.422. The Hall–Kier alpha value is -1.25. The molecule has 0 spiro atoms. The fourth-order valence-electron chi connectivity index (χ4n) is 1.30. The summed E-state index contributed by atoms with van der Waals surface area (Å²) in [7, 11) is 0. The second kappa shape index (κ2) is 4.31. The van der Waals surface area contributed by atoms with E-state index >= 15 is 0 Å². The predicted octanol–water partition coefficient (Wildman–Crippen LogP) is 4.15. The van der Waals surface area contributed by atoms with Gasteiger partial charge in [0, 0.05) is 11.1 Å². The Morgan fingerprint density at radius 3 is 2.43 bits per heavy atom. The molecule has 1 aromatic rings. The van der Waals surface area contributed by atoms with Gasteiger partial charge in [-0.3, -0.25) is 0 Å². The molecule has 0 aromatic heterocycles. The molecule has 0 aliphatic carbocycles. The molecular formula is C11H11F3. The first-order chi connectivity index (χ1) is 6.56. The van der Waals surface area contributed by atoms with E-state index in [-0.39, 0.29) is 17.6 Å². The van der Waals surface area contributed by atoms with Crippen molar-refractivity contribution in [3.8, 4) is 0 Å². The zero-order valence-corrected chi connectivity index (χ0v) is 8.07. The van der Waals surface area contributed by atoms with Crippen molar-refractivity contribution in [1.82, 2.24) is 0 Å². The minimum atomic E-state index is -1.81. The van der Waals surface area contributed by atoms with Crippen LogP contribution >= 0.6 is 0 Å². The predicted molar refractivity (Wildman–Crippen MR) is 50.6 cm³/mol. The first kappa shape index (κ1) is 10.8. The van der Waals surface area contributed by atoms with Gasteiger partial charge in [-0.15, -0.1) is 0 Å². The molecule has 0 nitrogen and oxygen atoms in total. The Labute approximate surface area is 81.1 Å². The van der Waals surface area contributed by atoms with Gasteiger partial charge in [-0.2, -0.15) is 8.78 Å². The molecule has 0 atom stereocenters. The Morgan fingerprint density at radius 1 is 1.29 bits per heavy atom. The summed E-state index contributed by atoms with van der Waals surface area (Å²) in [6, 6.07) is 4.21. The minimum Gasteiger partial charge on any atom is -0.206 e. The van der Waals surface area contributed by atoms with Crippen LogP contribution < -0.4 is 0 Å². The zero-order valence-electron chi connectivity index (χ0n) is 8.07. The molecule has 0 heterocycles. The second-order valence-corrected chi connectivity index (χ2v) is 3.08. The fourth-order valence-corrected chi connectivity index (χ4v) is 1.30. The van der Waals surface area contributed by atoms with Crippen LogP contribution in [0.4, 0.5) is 13.2 Å². The molecule has 0 saturated heterocycles. The Morgan fingerprint density at radius 2 is 1.93 bits per heavy atom. The molecule has 0 amide bonds. The largest absolute Gasteiger partial charge is 0.274 e. The van der Waals surface area contributed by atoms with Crippen LogP contribution in [0, 0.1) is 12.7 Å². The van der Waals surface area contributed by atoms with Gasteiger partial charge in [0.2, 0.25) is 0 Å². The summed E-state index contributed by atoms with van der Waals surface area (Å²) in [5, 5.41) is 0. The van der Waals surface area contributed by atoms with Crippen molar-refractivity contribution in [2.45, 2.75) is 20.3 Å². The maximum absolute atomic E-state index is 13.2. The molecule has 0 aliphatic heterocycles. The number of hydrogen-bond donors (Lipinski definition) is 0. The molecule has 0 bridgehead atoms. The number of allylic oxidation sites excluding steroid dienone is 1. The van der Waals surface area contributed by atoms with E-state index in [0.29, 0.717) is 0 Å². The highest BCUT2D eigenvalue weighted by atomic mass is 19.3. The summed E-state index contributed by atoms with van der Waals surface area (Å²) < 4.78 is 38.0. The molecule has 0 N–H and O–H groups in total. The van der Waals surface area contributed by atoms with Crippen molar-refractivity contribution in [3.63, 3.8) is 0 Å². The third-order valence-corrected chi connectivity index (χ3v) is 2.03. The van der Waals surface area contributed by atoms with Gasteiger partial charge in [0.15, 0.2) is 0 Å². The Bertz CT molecular complexity index is 363. The zero-order chi connectivity index (χ0) is 10.7. The molecule has 0 saturated carbocycles. The number of halogens is 3. The molecule has 14 heavy (non-hydrogen) atoms. The van der Waals surface area contributed by atoms with Crippen LogP contribution in [0.25, 0.3) is 5.57 Å². The van der Waals surface area contributed by atoms with Crippen LogP contribution in [0.2, 0.25) is 0 Å². The van der Waals surface area contributed by atoms with Gasteiger partial charge in [0.05, 0.1) is 0 Å². The normalized spacial score (nSPS) is 10.1. The van der Waals surface area contributed by atoms with E-state index in [0.717, 1.165) is 5.56 Å². The highest BCUT2D eigenvalue weighted by Crippen LogP contribution is 2.26. The molecule has 0 aliphatic rings. The van der Waals surface area contributed by atoms with Crippen molar-refractivity contribution < 1.29 is 13.2 Å². The standard InChI is InChI=1S/C11H11F3/c1-3-8(11(13)14)9-6-7(2)4-5-10(9)12/h4-6H,3H2,1-2H3. The van der Waals surface area contributed by atoms with Gasteiger partial charge >= 0.3 is 0 Å². The number of rotatable bonds is 2. The summed E-state index contributed by atoms with van der Waals surface area (Å²) in [5.74, 6) is -0.597. The molecule has 0 radical (unpaired) electrons. The number of hydrogen-bond acceptors (Lipinski definition) is 0. The van der Waals surface area contributed by atoms with Gasteiger partial charge < -0.3 is 0 Å². The van der Waals surface area contributed by atoms with E-state index in [1.54, 1.807) is 19.9 Å². The van der Waals surface area contributed by atoms with Gasteiger partial charge in [-0.05, 0) is 25.5 Å². The number of benzene rings is 1. The first-order valence-corrected chi connectivity index (χ1v) is 4.37. The maximum Gasteiger partial charge on any atom is 0.274 e. The highest BCUT2D eigenvalue weighted by Gasteiger charge is 2.11. The molecule has 1 aromatic carbocycles. The summed E-state index contributed by atoms with van der Waals surface area (Å²) in [5.41, 5.74) is 0.562. The van der Waals surface area contributed by atoms with E-state index in [9.17, 15) is 13.2 Å². The smallest absolute Gasteiger partial charge is 0.206 e. The minimum absolute atomic E-state index is 0.00694. The Kier molecular flexibility index (Phi) is 3.33. The summed E-state index contributed by atoms with van der Waals surface area (Å²) in [4.78, 5) is 0.